The third kappa shape index (κ3) is 5.67. The van der Waals surface area contributed by atoms with E-state index >= 15 is 0 Å². The third-order valence-corrected chi connectivity index (χ3v) is 5.56. The fourth-order valence-corrected chi connectivity index (χ4v) is 3.75. The molecule has 4 N–H and O–H groups in total. The number of nitrogens with two attached hydrogens (primary N) is 1. The summed E-state index contributed by atoms with van der Waals surface area (Å²) < 4.78 is 18.4. The van der Waals surface area contributed by atoms with Crippen LogP contribution in [-0.4, -0.2) is 23.3 Å². The van der Waals surface area contributed by atoms with E-state index in [1.165, 1.54) is 37.3 Å². The van der Waals surface area contributed by atoms with Gasteiger partial charge in [-0.2, -0.15) is 0 Å². The number of H-pyrrole nitrogens is 1. The Balaban J connectivity index is 1.48. The smallest absolute Gasteiger partial charge is 0.308 e. The molecule has 0 radical (unpaired) electrons. The standard InChI is InChI=1S/C28H24FN3O4/c1-17(33)36-25-5-3-2-4-24(25)31-15-14-18-6-8-19(9-7-18)22-16-23(27(30)32-28(22)35)26(34)20-10-12-21(29)13-11-20/h2-13,16,31H,14-15H2,1H3,(H3,30,32,35). The molecule has 4 rings (SSSR count). The fraction of sp³-hybridized carbons (Fsp3) is 0.107. The molecule has 0 aliphatic carbocycles. The molecule has 0 unspecified atom stereocenters. The Bertz CT molecular complexity index is 1460. The zero-order valence-corrected chi connectivity index (χ0v) is 19.5. The summed E-state index contributed by atoms with van der Waals surface area (Å²) in [5.41, 5.74) is 8.56. The van der Waals surface area contributed by atoms with Crippen molar-refractivity contribution in [1.29, 1.82) is 0 Å². The van der Waals surface area contributed by atoms with Crippen molar-refractivity contribution >= 4 is 23.3 Å². The number of benzene rings is 3. The van der Waals surface area contributed by atoms with Gasteiger partial charge in [-0.05, 0) is 60.0 Å². The molecule has 7 nitrogen and oxygen atoms in total. The first-order valence-electron chi connectivity index (χ1n) is 11.3. The molecule has 0 bridgehead atoms. The molecule has 4 aromatic rings. The molecule has 1 aromatic heterocycles. The number of para-hydroxylation sites is 2. The lowest BCUT2D eigenvalue weighted by molar-refractivity contribution is -0.131. The Hall–Kier alpha value is -4.72. The predicted molar refractivity (Wildman–Crippen MR) is 137 cm³/mol. The number of rotatable bonds is 8. The number of nitrogen functional groups attached to an aromatic ring is 1. The fourth-order valence-electron chi connectivity index (χ4n) is 3.75. The number of aromatic nitrogens is 1. The van der Waals surface area contributed by atoms with Crippen LogP contribution >= 0.6 is 0 Å². The average molecular weight is 486 g/mol. The summed E-state index contributed by atoms with van der Waals surface area (Å²) in [4.78, 5) is 39.3. The van der Waals surface area contributed by atoms with Gasteiger partial charge in [0.05, 0.1) is 11.3 Å². The van der Waals surface area contributed by atoms with Gasteiger partial charge in [-0.15, -0.1) is 0 Å². The molecule has 182 valence electrons. The van der Waals surface area contributed by atoms with E-state index in [9.17, 15) is 18.8 Å². The Morgan fingerprint density at radius 2 is 1.69 bits per heavy atom. The first-order valence-corrected chi connectivity index (χ1v) is 11.3. The van der Waals surface area contributed by atoms with Crippen LogP contribution in [0.1, 0.15) is 28.4 Å². The molecule has 0 saturated carbocycles. The van der Waals surface area contributed by atoms with Crippen molar-refractivity contribution in [2.24, 2.45) is 0 Å². The zero-order valence-electron chi connectivity index (χ0n) is 19.5. The number of pyridine rings is 1. The highest BCUT2D eigenvalue weighted by Gasteiger charge is 2.17. The number of ether oxygens (including phenoxy) is 1. The van der Waals surface area contributed by atoms with Crippen molar-refractivity contribution in [3.8, 4) is 16.9 Å². The van der Waals surface area contributed by atoms with Crippen molar-refractivity contribution < 1.29 is 18.7 Å². The summed E-state index contributed by atoms with van der Waals surface area (Å²) in [6, 6.07) is 21.2. The molecule has 8 heteroatoms. The van der Waals surface area contributed by atoms with Gasteiger partial charge in [-0.3, -0.25) is 14.4 Å². The second-order valence-electron chi connectivity index (χ2n) is 8.14. The van der Waals surface area contributed by atoms with E-state index in [0.717, 1.165) is 11.3 Å². The molecule has 0 aliphatic heterocycles. The monoisotopic (exact) mass is 485 g/mol. The maximum Gasteiger partial charge on any atom is 0.308 e. The van der Waals surface area contributed by atoms with Gasteiger partial charge in [0.1, 0.15) is 11.6 Å². The number of carbonyl (C=O) groups excluding carboxylic acids is 2. The number of hydrogen-bond acceptors (Lipinski definition) is 6. The molecular weight excluding hydrogens is 461 g/mol. The number of nitrogens with one attached hydrogen (secondary N) is 2. The van der Waals surface area contributed by atoms with E-state index in [4.69, 9.17) is 10.5 Å². The maximum atomic E-state index is 13.2. The molecule has 0 spiro atoms. The van der Waals surface area contributed by atoms with Gasteiger partial charge in [-0.25, -0.2) is 4.39 Å². The van der Waals surface area contributed by atoms with Gasteiger partial charge in [0.2, 0.25) is 0 Å². The molecule has 0 saturated heterocycles. The lowest BCUT2D eigenvalue weighted by atomic mass is 9.98. The highest BCUT2D eigenvalue weighted by molar-refractivity contribution is 6.12. The van der Waals surface area contributed by atoms with Gasteiger partial charge in [0.15, 0.2) is 11.5 Å². The summed E-state index contributed by atoms with van der Waals surface area (Å²) in [6.45, 7) is 1.95. The first kappa shape index (κ1) is 24.4. The molecule has 3 aromatic carbocycles. The summed E-state index contributed by atoms with van der Waals surface area (Å²) >= 11 is 0. The Morgan fingerprint density at radius 1 is 1.00 bits per heavy atom. The van der Waals surface area contributed by atoms with Gasteiger partial charge >= 0.3 is 5.97 Å². The number of aromatic amines is 1. The number of anilines is 2. The number of esters is 1. The van der Waals surface area contributed by atoms with E-state index in [2.05, 4.69) is 10.3 Å². The average Bonchev–Trinajstić information content (AvgIpc) is 2.85. The molecule has 0 atom stereocenters. The minimum atomic E-state index is -0.453. The van der Waals surface area contributed by atoms with Crippen LogP contribution in [0.15, 0.2) is 83.7 Å². The molecular formula is C28H24FN3O4. The topological polar surface area (TPSA) is 114 Å². The molecule has 0 fully saturated rings. The number of hydrogen-bond donors (Lipinski definition) is 3. The van der Waals surface area contributed by atoms with Gasteiger partial charge in [0.25, 0.3) is 5.56 Å². The maximum absolute atomic E-state index is 13.2. The van der Waals surface area contributed by atoms with Gasteiger partial charge in [0, 0.05) is 24.6 Å². The van der Waals surface area contributed by atoms with Crippen molar-refractivity contribution in [1.82, 2.24) is 4.98 Å². The van der Waals surface area contributed by atoms with Crippen LogP contribution in [0.3, 0.4) is 0 Å². The van der Waals surface area contributed by atoms with E-state index in [0.29, 0.717) is 29.8 Å². The molecule has 1 heterocycles. The second-order valence-corrected chi connectivity index (χ2v) is 8.14. The van der Waals surface area contributed by atoms with E-state index in [1.807, 2.05) is 24.3 Å². The van der Waals surface area contributed by atoms with Crippen LogP contribution in [-0.2, 0) is 11.2 Å². The van der Waals surface area contributed by atoms with Crippen molar-refractivity contribution in [3.05, 3.63) is 112 Å². The minimum absolute atomic E-state index is 0.0465. The van der Waals surface area contributed by atoms with Crippen LogP contribution < -0.4 is 21.3 Å². The first-order chi connectivity index (χ1) is 17.3. The lowest BCUT2D eigenvalue weighted by Gasteiger charge is -2.12. The van der Waals surface area contributed by atoms with Crippen molar-refractivity contribution in [2.45, 2.75) is 13.3 Å². The third-order valence-electron chi connectivity index (χ3n) is 5.56. The normalized spacial score (nSPS) is 10.6. The largest absolute Gasteiger partial charge is 0.425 e. The second kappa shape index (κ2) is 10.7. The number of halogens is 1. The highest BCUT2D eigenvalue weighted by atomic mass is 19.1. The summed E-state index contributed by atoms with van der Waals surface area (Å²) in [5.74, 6) is -0.837. The quantitative estimate of drug-likeness (QED) is 0.191. The summed E-state index contributed by atoms with van der Waals surface area (Å²) in [5, 5.41) is 3.26. The lowest BCUT2D eigenvalue weighted by Crippen LogP contribution is -2.16. The molecule has 0 amide bonds. The van der Waals surface area contributed by atoms with Crippen molar-refractivity contribution in [2.75, 3.05) is 17.6 Å². The van der Waals surface area contributed by atoms with Crippen LogP contribution in [0.25, 0.3) is 11.1 Å². The SMILES string of the molecule is CC(=O)Oc1ccccc1NCCc1ccc(-c2cc(C(=O)c3ccc(F)cc3)c(N)[nH]c2=O)cc1. The predicted octanol–water partition coefficient (Wildman–Crippen LogP) is 4.57. The van der Waals surface area contributed by atoms with Crippen LogP contribution in [0.5, 0.6) is 5.75 Å². The van der Waals surface area contributed by atoms with Crippen LogP contribution in [0.2, 0.25) is 0 Å². The molecule has 0 aliphatic rings. The number of ketones is 1. The van der Waals surface area contributed by atoms with Crippen LogP contribution in [0.4, 0.5) is 15.9 Å². The van der Waals surface area contributed by atoms with Crippen LogP contribution in [0, 0.1) is 5.82 Å². The van der Waals surface area contributed by atoms with Gasteiger partial charge in [-0.1, -0.05) is 36.4 Å². The summed E-state index contributed by atoms with van der Waals surface area (Å²) in [6.07, 6.45) is 0.682. The minimum Gasteiger partial charge on any atom is -0.425 e. The van der Waals surface area contributed by atoms with E-state index in [1.54, 1.807) is 24.3 Å². The van der Waals surface area contributed by atoms with E-state index in [-0.39, 0.29) is 22.9 Å². The molecule has 36 heavy (non-hydrogen) atoms. The number of carbonyl (C=O) groups is 2. The van der Waals surface area contributed by atoms with Gasteiger partial charge < -0.3 is 20.8 Å². The highest BCUT2D eigenvalue weighted by Crippen LogP contribution is 2.25. The Kier molecular flexibility index (Phi) is 7.25. The Labute approximate surface area is 206 Å². The summed E-state index contributed by atoms with van der Waals surface area (Å²) in [7, 11) is 0. The van der Waals surface area contributed by atoms with E-state index < -0.39 is 17.2 Å². The zero-order chi connectivity index (χ0) is 25.7. The van der Waals surface area contributed by atoms with Crippen molar-refractivity contribution in [3.63, 3.8) is 0 Å². The Morgan fingerprint density at radius 3 is 2.39 bits per heavy atom.